The zero-order valence-electron chi connectivity index (χ0n) is 18.9. The lowest BCUT2D eigenvalue weighted by Gasteiger charge is -2.21. The van der Waals surface area contributed by atoms with Crippen LogP contribution in [0.2, 0.25) is 0 Å². The van der Waals surface area contributed by atoms with Gasteiger partial charge in [0.2, 0.25) is 0 Å². The number of anilines is 3. The van der Waals surface area contributed by atoms with Crippen LogP contribution in [-0.4, -0.2) is 53.1 Å². The van der Waals surface area contributed by atoms with Gasteiger partial charge in [0.25, 0.3) is 0 Å². The summed E-state index contributed by atoms with van der Waals surface area (Å²) in [5.74, 6) is 2.97. The molecule has 3 aromatic rings. The second-order valence-electron chi connectivity index (χ2n) is 8.87. The third-order valence-corrected chi connectivity index (χ3v) is 6.30. The van der Waals surface area contributed by atoms with Crippen molar-refractivity contribution < 1.29 is 0 Å². The van der Waals surface area contributed by atoms with Crippen molar-refractivity contribution in [2.24, 2.45) is 0 Å². The average Bonchev–Trinajstić information content (AvgIpc) is 3.55. The molecular weight excluding hydrogens is 434 g/mol. The van der Waals surface area contributed by atoms with E-state index in [1.54, 1.807) is 18.3 Å². The van der Waals surface area contributed by atoms with Gasteiger partial charge in [0.15, 0.2) is 0 Å². The highest BCUT2D eigenvalue weighted by atomic mass is 35.5. The molecule has 1 atom stereocenters. The van der Waals surface area contributed by atoms with Crippen LogP contribution in [-0.2, 0) is 0 Å². The Bertz CT molecular complexity index is 1150. The van der Waals surface area contributed by atoms with E-state index in [-0.39, 0.29) is 12.4 Å². The normalized spacial score (nSPS) is 17.5. The number of hydrogen-bond acceptors (Lipinski definition) is 7. The zero-order valence-corrected chi connectivity index (χ0v) is 19.7. The molecule has 0 spiro atoms. The number of halogens is 1. The van der Waals surface area contributed by atoms with Gasteiger partial charge in [-0.15, -0.1) is 12.4 Å². The van der Waals surface area contributed by atoms with E-state index in [0.717, 1.165) is 42.4 Å². The molecule has 3 aromatic heterocycles. The Hall–Kier alpha value is -3.21. The van der Waals surface area contributed by atoms with Gasteiger partial charge in [-0.1, -0.05) is 0 Å². The number of nitrogens with zero attached hydrogens (tertiary/aromatic N) is 6. The minimum atomic E-state index is 0. The maximum absolute atomic E-state index is 9.15. The lowest BCUT2D eigenvalue weighted by Crippen LogP contribution is -2.31. The van der Waals surface area contributed by atoms with Crippen molar-refractivity contribution in [3.05, 3.63) is 59.9 Å². The number of nitrogens with one attached hydrogen (secondary N) is 1. The van der Waals surface area contributed by atoms with Gasteiger partial charge < -0.3 is 15.1 Å². The van der Waals surface area contributed by atoms with E-state index in [0.29, 0.717) is 23.3 Å². The molecule has 0 unspecified atom stereocenters. The molecule has 0 amide bonds. The van der Waals surface area contributed by atoms with Crippen molar-refractivity contribution in [2.45, 2.75) is 31.2 Å². The molecule has 8 heteroatoms. The highest BCUT2D eigenvalue weighted by Gasteiger charge is 2.26. The van der Waals surface area contributed by atoms with Crippen LogP contribution in [0.15, 0.2) is 48.8 Å². The minimum Gasteiger partial charge on any atom is -0.355 e. The summed E-state index contributed by atoms with van der Waals surface area (Å²) in [6.45, 7) is 2.05. The first-order valence-corrected chi connectivity index (χ1v) is 11.1. The molecule has 0 radical (unpaired) electrons. The second-order valence-corrected chi connectivity index (χ2v) is 8.87. The quantitative estimate of drug-likeness (QED) is 0.574. The number of aromatic nitrogens is 3. The number of rotatable bonds is 6. The van der Waals surface area contributed by atoms with Gasteiger partial charge in [0.1, 0.15) is 17.5 Å². The van der Waals surface area contributed by atoms with Gasteiger partial charge in [-0.2, -0.15) is 5.26 Å². The van der Waals surface area contributed by atoms with Crippen molar-refractivity contribution in [1.82, 2.24) is 19.9 Å². The summed E-state index contributed by atoms with van der Waals surface area (Å²) >= 11 is 0. The van der Waals surface area contributed by atoms with Gasteiger partial charge in [-0.25, -0.2) is 15.0 Å². The fourth-order valence-corrected chi connectivity index (χ4v) is 4.21. The first kappa shape index (κ1) is 23.0. The van der Waals surface area contributed by atoms with Crippen LogP contribution in [0.1, 0.15) is 36.3 Å². The average molecular weight is 462 g/mol. The summed E-state index contributed by atoms with van der Waals surface area (Å²) in [6.07, 6.45) is 7.15. The largest absolute Gasteiger partial charge is 0.355 e. The molecule has 7 nitrogen and oxygen atoms in total. The molecule has 2 aliphatic rings. The Kier molecular flexibility index (Phi) is 6.77. The molecule has 1 saturated heterocycles. The standard InChI is InChI=1S/C25H27N7.ClH/c1-31(2)21-8-10-32(16-21)25-6-5-19(15-28-25)22-12-20(18-3-4-18)13-24(29-22)30-23-11-17(14-26)7-9-27-23;/h5-7,9,11-13,15,18,21H,3-4,8,10,16H2,1-2H3,(H,27,29,30);1H/t21-;/m1./s1. The van der Waals surface area contributed by atoms with Gasteiger partial charge in [-0.05, 0) is 81.2 Å². The Balaban J connectivity index is 0.00000259. The molecule has 2 fully saturated rings. The first-order chi connectivity index (χ1) is 15.6. The Morgan fingerprint density at radius 1 is 1.06 bits per heavy atom. The van der Waals surface area contributed by atoms with Gasteiger partial charge in [-0.3, -0.25) is 0 Å². The monoisotopic (exact) mass is 461 g/mol. The van der Waals surface area contributed by atoms with Gasteiger partial charge in [0.05, 0.1) is 17.3 Å². The lowest BCUT2D eigenvalue weighted by atomic mass is 10.1. The molecular formula is C25H28ClN7. The molecule has 1 aliphatic carbocycles. The highest BCUT2D eigenvalue weighted by molar-refractivity contribution is 5.85. The van der Waals surface area contributed by atoms with E-state index in [9.17, 15) is 0 Å². The van der Waals surface area contributed by atoms with E-state index in [1.165, 1.54) is 18.4 Å². The van der Waals surface area contributed by atoms with E-state index >= 15 is 0 Å². The van der Waals surface area contributed by atoms with Crippen molar-refractivity contribution in [3.8, 4) is 17.3 Å². The molecule has 0 aromatic carbocycles. The van der Waals surface area contributed by atoms with E-state index < -0.39 is 0 Å². The first-order valence-electron chi connectivity index (χ1n) is 11.1. The predicted molar refractivity (Wildman–Crippen MR) is 133 cm³/mol. The third kappa shape index (κ3) is 5.24. The summed E-state index contributed by atoms with van der Waals surface area (Å²) in [7, 11) is 4.28. The maximum Gasteiger partial charge on any atom is 0.132 e. The Morgan fingerprint density at radius 2 is 1.91 bits per heavy atom. The summed E-state index contributed by atoms with van der Waals surface area (Å²) < 4.78 is 0. The SMILES string of the molecule is CN(C)[C@@H]1CCN(c2ccc(-c3cc(C4CC4)cc(Nc4cc(C#N)ccn4)n3)cn2)C1.Cl. The summed E-state index contributed by atoms with van der Waals surface area (Å²) in [5, 5.41) is 12.4. The Morgan fingerprint density at radius 3 is 2.58 bits per heavy atom. The highest BCUT2D eigenvalue weighted by Crippen LogP contribution is 2.42. The van der Waals surface area contributed by atoms with Crippen LogP contribution in [0.25, 0.3) is 11.3 Å². The molecule has 0 bridgehead atoms. The topological polar surface area (TPSA) is 81.0 Å². The number of hydrogen-bond donors (Lipinski definition) is 1. The van der Waals surface area contributed by atoms with Crippen LogP contribution in [0, 0.1) is 11.3 Å². The van der Waals surface area contributed by atoms with Crippen molar-refractivity contribution >= 4 is 29.9 Å². The van der Waals surface area contributed by atoms with Crippen molar-refractivity contribution in [3.63, 3.8) is 0 Å². The summed E-state index contributed by atoms with van der Waals surface area (Å²) in [5.41, 5.74) is 3.76. The zero-order chi connectivity index (χ0) is 22.1. The van der Waals surface area contributed by atoms with Crippen LogP contribution in [0.4, 0.5) is 17.5 Å². The van der Waals surface area contributed by atoms with Crippen molar-refractivity contribution in [2.75, 3.05) is 37.4 Å². The molecule has 1 saturated carbocycles. The van der Waals surface area contributed by atoms with Crippen LogP contribution in [0.5, 0.6) is 0 Å². The fourth-order valence-electron chi connectivity index (χ4n) is 4.21. The number of likely N-dealkylation sites (N-methyl/N-ethyl adjacent to an activating group) is 1. The Labute approximate surface area is 200 Å². The minimum absolute atomic E-state index is 0. The van der Waals surface area contributed by atoms with Gasteiger partial charge in [0, 0.05) is 37.1 Å². The molecule has 1 N–H and O–H groups in total. The van der Waals surface area contributed by atoms with Crippen molar-refractivity contribution in [1.29, 1.82) is 5.26 Å². The number of nitriles is 1. The van der Waals surface area contributed by atoms with E-state index in [2.05, 4.69) is 64.5 Å². The van der Waals surface area contributed by atoms with Crippen LogP contribution >= 0.6 is 12.4 Å². The molecule has 170 valence electrons. The van der Waals surface area contributed by atoms with E-state index in [1.807, 2.05) is 6.20 Å². The van der Waals surface area contributed by atoms with Gasteiger partial charge >= 0.3 is 0 Å². The number of pyridine rings is 3. The smallest absolute Gasteiger partial charge is 0.132 e. The lowest BCUT2D eigenvalue weighted by molar-refractivity contribution is 0.315. The molecule has 1 aliphatic heterocycles. The maximum atomic E-state index is 9.15. The second kappa shape index (κ2) is 9.74. The van der Waals surface area contributed by atoms with E-state index in [4.69, 9.17) is 15.2 Å². The third-order valence-electron chi connectivity index (χ3n) is 6.30. The molecule has 33 heavy (non-hydrogen) atoms. The van der Waals surface area contributed by atoms with Crippen LogP contribution < -0.4 is 10.2 Å². The van der Waals surface area contributed by atoms with Crippen LogP contribution in [0.3, 0.4) is 0 Å². The summed E-state index contributed by atoms with van der Waals surface area (Å²) in [4.78, 5) is 18.6. The predicted octanol–water partition coefficient (Wildman–Crippen LogP) is 4.59. The molecule has 4 heterocycles. The molecule has 5 rings (SSSR count). The summed E-state index contributed by atoms with van der Waals surface area (Å²) in [6, 6.07) is 14.6. The fraction of sp³-hybridized carbons (Fsp3) is 0.360.